The van der Waals surface area contributed by atoms with Crippen LogP contribution in [0.25, 0.3) is 0 Å². The summed E-state index contributed by atoms with van der Waals surface area (Å²) < 4.78 is 0. The first-order chi connectivity index (χ1) is 6.73. The van der Waals surface area contributed by atoms with Crippen molar-refractivity contribution < 1.29 is 5.02 Å². The largest absolute Gasteiger partial charge is 0.446 e. The smallest absolute Gasteiger partial charge is 0.321 e. The minimum absolute atomic E-state index is 0.0437. The fraction of sp³-hybridized carbons (Fsp3) is 0.455. The van der Waals surface area contributed by atoms with Crippen molar-refractivity contribution in [3.63, 3.8) is 0 Å². The first-order valence-electron chi connectivity index (χ1n) is 4.91. The molecule has 0 saturated carbocycles. The van der Waals surface area contributed by atoms with Crippen molar-refractivity contribution in [2.24, 2.45) is 0 Å². The Morgan fingerprint density at radius 1 is 1.13 bits per heavy atom. The van der Waals surface area contributed by atoms with E-state index in [1.165, 1.54) is 0 Å². The summed E-state index contributed by atoms with van der Waals surface area (Å²) in [6.45, 7) is 7.31. The highest BCUT2D eigenvalue weighted by Gasteiger charge is 2.21. The Balaban J connectivity index is 3.32. The standard InChI is InChI=1S/C11H15BCl2O/c1-11(2,3)7-5-10(14)8(12(4)15)6-9(7)13/h5-6,15H,1-4H3. The molecule has 82 valence electrons. The third-order valence-corrected chi connectivity index (χ3v) is 2.98. The van der Waals surface area contributed by atoms with Gasteiger partial charge in [-0.2, -0.15) is 0 Å². The van der Waals surface area contributed by atoms with Crippen LogP contribution < -0.4 is 5.46 Å². The molecule has 0 heterocycles. The van der Waals surface area contributed by atoms with Crippen molar-refractivity contribution in [3.05, 3.63) is 27.7 Å². The average molecular weight is 245 g/mol. The minimum atomic E-state index is -0.594. The van der Waals surface area contributed by atoms with E-state index in [0.717, 1.165) is 5.56 Å². The van der Waals surface area contributed by atoms with Crippen molar-refractivity contribution in [3.8, 4) is 0 Å². The molecule has 0 fully saturated rings. The molecule has 15 heavy (non-hydrogen) atoms. The third kappa shape index (κ3) is 2.90. The maximum atomic E-state index is 9.48. The molecule has 0 saturated heterocycles. The second kappa shape index (κ2) is 4.36. The molecule has 0 aliphatic heterocycles. The molecule has 0 amide bonds. The van der Waals surface area contributed by atoms with Crippen molar-refractivity contribution in [1.82, 2.24) is 0 Å². The molecule has 1 N–H and O–H groups in total. The van der Waals surface area contributed by atoms with Gasteiger partial charge in [-0.1, -0.05) is 50.8 Å². The number of hydrogen-bond acceptors (Lipinski definition) is 1. The van der Waals surface area contributed by atoms with E-state index in [-0.39, 0.29) is 5.41 Å². The van der Waals surface area contributed by atoms with Gasteiger partial charge in [-0.15, -0.1) is 0 Å². The maximum absolute atomic E-state index is 9.48. The second-order valence-electron chi connectivity index (χ2n) is 4.78. The summed E-state index contributed by atoms with van der Waals surface area (Å²) in [5, 5.41) is 10.7. The molecule has 0 aliphatic carbocycles. The van der Waals surface area contributed by atoms with E-state index in [1.807, 2.05) is 6.07 Å². The van der Waals surface area contributed by atoms with Crippen LogP contribution in [0, 0.1) is 0 Å². The topological polar surface area (TPSA) is 20.2 Å². The third-order valence-electron chi connectivity index (χ3n) is 2.34. The van der Waals surface area contributed by atoms with Crippen molar-refractivity contribution in [2.75, 3.05) is 0 Å². The van der Waals surface area contributed by atoms with Gasteiger partial charge in [0, 0.05) is 10.0 Å². The van der Waals surface area contributed by atoms with Gasteiger partial charge < -0.3 is 5.02 Å². The maximum Gasteiger partial charge on any atom is 0.321 e. The molecule has 0 atom stereocenters. The lowest BCUT2D eigenvalue weighted by molar-refractivity contribution is 0.588. The van der Waals surface area contributed by atoms with E-state index in [1.54, 1.807) is 12.9 Å². The Hall–Kier alpha value is -0.175. The van der Waals surface area contributed by atoms with Crippen LogP contribution in [0.3, 0.4) is 0 Å². The van der Waals surface area contributed by atoms with Gasteiger partial charge in [0.1, 0.15) is 0 Å². The Morgan fingerprint density at radius 3 is 2.07 bits per heavy atom. The zero-order valence-corrected chi connectivity index (χ0v) is 10.9. The van der Waals surface area contributed by atoms with E-state index in [4.69, 9.17) is 23.2 Å². The molecule has 0 aromatic heterocycles. The van der Waals surface area contributed by atoms with Crippen LogP contribution in [0.1, 0.15) is 26.3 Å². The first kappa shape index (κ1) is 12.9. The molecule has 1 rings (SSSR count). The van der Waals surface area contributed by atoms with E-state index >= 15 is 0 Å². The van der Waals surface area contributed by atoms with Crippen molar-refractivity contribution >= 4 is 35.6 Å². The van der Waals surface area contributed by atoms with E-state index < -0.39 is 6.92 Å². The van der Waals surface area contributed by atoms with E-state index in [9.17, 15) is 5.02 Å². The summed E-state index contributed by atoms with van der Waals surface area (Å²) in [6, 6.07) is 3.58. The van der Waals surface area contributed by atoms with Crippen LogP contribution in [0.15, 0.2) is 12.1 Å². The van der Waals surface area contributed by atoms with Crippen LogP contribution in [0.2, 0.25) is 16.9 Å². The van der Waals surface area contributed by atoms with Crippen LogP contribution >= 0.6 is 23.2 Å². The average Bonchev–Trinajstić information content (AvgIpc) is 2.06. The molecule has 4 heteroatoms. The first-order valence-corrected chi connectivity index (χ1v) is 5.66. The Labute approximate surface area is 102 Å². The molecule has 1 nitrogen and oxygen atoms in total. The van der Waals surface area contributed by atoms with Gasteiger partial charge >= 0.3 is 6.92 Å². The normalized spacial score (nSPS) is 11.7. The number of hydrogen-bond donors (Lipinski definition) is 1. The summed E-state index contributed by atoms with van der Waals surface area (Å²) >= 11 is 12.2. The molecule has 0 unspecified atom stereocenters. The van der Waals surface area contributed by atoms with Crippen LogP contribution in [-0.2, 0) is 5.41 Å². The van der Waals surface area contributed by atoms with Gasteiger partial charge in [0.15, 0.2) is 0 Å². The quantitative estimate of drug-likeness (QED) is 0.753. The number of rotatable bonds is 1. The summed E-state index contributed by atoms with van der Waals surface area (Å²) in [6.07, 6.45) is 0. The van der Waals surface area contributed by atoms with Gasteiger partial charge in [0.25, 0.3) is 0 Å². The molecule has 0 spiro atoms. The van der Waals surface area contributed by atoms with E-state index in [2.05, 4.69) is 20.8 Å². The monoisotopic (exact) mass is 244 g/mol. The summed E-state index contributed by atoms with van der Waals surface area (Å²) in [7, 11) is 0. The SMILES string of the molecule is CB(O)c1cc(Cl)c(C(C)(C)C)cc1Cl. The lowest BCUT2D eigenvalue weighted by atomic mass is 9.64. The Kier molecular flexibility index (Phi) is 3.75. The van der Waals surface area contributed by atoms with Crippen LogP contribution in [0.5, 0.6) is 0 Å². The Bertz CT molecular complexity index is 370. The molecule has 0 aliphatic rings. The van der Waals surface area contributed by atoms with Crippen LogP contribution in [-0.4, -0.2) is 11.9 Å². The minimum Gasteiger partial charge on any atom is -0.446 e. The highest BCUT2D eigenvalue weighted by molar-refractivity contribution is 6.68. The molecule has 0 bridgehead atoms. The molecule has 1 aromatic rings. The molecular weight excluding hydrogens is 230 g/mol. The summed E-state index contributed by atoms with van der Waals surface area (Å²) in [5.41, 5.74) is 1.63. The van der Waals surface area contributed by atoms with Gasteiger partial charge in [-0.25, -0.2) is 0 Å². The highest BCUT2D eigenvalue weighted by atomic mass is 35.5. The zero-order chi connectivity index (χ0) is 11.8. The lowest BCUT2D eigenvalue weighted by Gasteiger charge is -2.22. The van der Waals surface area contributed by atoms with Crippen LogP contribution in [0.4, 0.5) is 0 Å². The second-order valence-corrected chi connectivity index (χ2v) is 5.59. The number of halogens is 2. The fourth-order valence-corrected chi connectivity index (χ4v) is 2.23. The lowest BCUT2D eigenvalue weighted by Crippen LogP contribution is -2.28. The highest BCUT2D eigenvalue weighted by Crippen LogP contribution is 2.30. The summed E-state index contributed by atoms with van der Waals surface area (Å²) in [4.78, 5) is 0. The Morgan fingerprint density at radius 2 is 1.67 bits per heavy atom. The van der Waals surface area contributed by atoms with Gasteiger partial charge in [-0.05, 0) is 28.6 Å². The van der Waals surface area contributed by atoms with Gasteiger partial charge in [-0.3, -0.25) is 0 Å². The summed E-state index contributed by atoms with van der Waals surface area (Å²) in [5.74, 6) is 0. The fourth-order valence-electron chi connectivity index (χ4n) is 1.46. The molecule has 0 radical (unpaired) electrons. The predicted molar refractivity (Wildman–Crippen MR) is 68.6 cm³/mol. The van der Waals surface area contributed by atoms with Gasteiger partial charge in [0.2, 0.25) is 0 Å². The van der Waals surface area contributed by atoms with Crippen molar-refractivity contribution in [2.45, 2.75) is 33.0 Å². The van der Waals surface area contributed by atoms with Crippen molar-refractivity contribution in [1.29, 1.82) is 0 Å². The predicted octanol–water partition coefficient (Wildman–Crippen LogP) is 3.11. The molecular formula is C11H15BCl2O. The molecule has 1 aromatic carbocycles. The zero-order valence-electron chi connectivity index (χ0n) is 9.44. The number of benzene rings is 1. The van der Waals surface area contributed by atoms with Gasteiger partial charge in [0.05, 0.1) is 0 Å². The van der Waals surface area contributed by atoms with E-state index in [0.29, 0.717) is 15.5 Å².